The van der Waals surface area contributed by atoms with Gasteiger partial charge in [-0.15, -0.1) is 0 Å². The van der Waals surface area contributed by atoms with Gasteiger partial charge in [0.05, 0.1) is 0 Å². The fraction of sp³-hybridized carbons (Fsp3) is 0.333. The summed E-state index contributed by atoms with van der Waals surface area (Å²) in [5.41, 5.74) is 2.52. The highest BCUT2D eigenvalue weighted by molar-refractivity contribution is 6.30. The standard InChI is InChI=1S/C12H15Cl/c1-4-12(9(2)3)10-5-7-11(13)8-6-10/h5-8,12H,2,4H2,1,3H3/t12-/m0/s1. The zero-order chi connectivity index (χ0) is 9.84. The summed E-state index contributed by atoms with van der Waals surface area (Å²) in [6, 6.07) is 8.02. The van der Waals surface area contributed by atoms with E-state index >= 15 is 0 Å². The molecule has 0 saturated carbocycles. The lowest BCUT2D eigenvalue weighted by Crippen LogP contribution is -1.97. The van der Waals surface area contributed by atoms with E-state index in [-0.39, 0.29) is 0 Å². The van der Waals surface area contributed by atoms with Crippen LogP contribution >= 0.6 is 11.6 Å². The van der Waals surface area contributed by atoms with Gasteiger partial charge in [0.25, 0.3) is 0 Å². The number of hydrogen-bond acceptors (Lipinski definition) is 0. The van der Waals surface area contributed by atoms with Gasteiger partial charge in [-0.3, -0.25) is 0 Å². The van der Waals surface area contributed by atoms with E-state index < -0.39 is 0 Å². The first-order valence-corrected chi connectivity index (χ1v) is 4.93. The lowest BCUT2D eigenvalue weighted by molar-refractivity contribution is 0.762. The van der Waals surface area contributed by atoms with Gasteiger partial charge in [-0.2, -0.15) is 0 Å². The van der Waals surface area contributed by atoms with Gasteiger partial charge in [-0.1, -0.05) is 42.8 Å². The number of hydrogen-bond donors (Lipinski definition) is 0. The normalized spacial score (nSPS) is 12.5. The van der Waals surface area contributed by atoms with Crippen LogP contribution in [0.25, 0.3) is 0 Å². The maximum absolute atomic E-state index is 5.82. The summed E-state index contributed by atoms with van der Waals surface area (Å²) in [6.07, 6.45) is 1.09. The molecule has 0 amide bonds. The Morgan fingerprint density at radius 3 is 2.31 bits per heavy atom. The van der Waals surface area contributed by atoms with E-state index in [0.29, 0.717) is 5.92 Å². The van der Waals surface area contributed by atoms with Gasteiger partial charge in [-0.25, -0.2) is 0 Å². The van der Waals surface area contributed by atoms with Crippen molar-refractivity contribution in [2.75, 3.05) is 0 Å². The van der Waals surface area contributed by atoms with E-state index in [4.69, 9.17) is 11.6 Å². The van der Waals surface area contributed by atoms with E-state index in [0.717, 1.165) is 11.4 Å². The molecule has 0 aliphatic heterocycles. The van der Waals surface area contributed by atoms with Crippen LogP contribution in [0.3, 0.4) is 0 Å². The fourth-order valence-electron chi connectivity index (χ4n) is 1.56. The van der Waals surface area contributed by atoms with Crippen molar-refractivity contribution >= 4 is 11.6 Å². The summed E-state index contributed by atoms with van der Waals surface area (Å²) in [5.74, 6) is 0.470. The van der Waals surface area contributed by atoms with Crippen LogP contribution in [0, 0.1) is 0 Å². The molecule has 0 heterocycles. The topological polar surface area (TPSA) is 0 Å². The van der Waals surface area contributed by atoms with E-state index in [9.17, 15) is 0 Å². The van der Waals surface area contributed by atoms with Crippen molar-refractivity contribution in [2.24, 2.45) is 0 Å². The molecule has 1 aromatic carbocycles. The van der Waals surface area contributed by atoms with Crippen molar-refractivity contribution in [3.63, 3.8) is 0 Å². The maximum Gasteiger partial charge on any atom is 0.0406 e. The van der Waals surface area contributed by atoms with Crippen LogP contribution in [0.15, 0.2) is 36.4 Å². The first-order chi connectivity index (χ1) is 6.15. The lowest BCUT2D eigenvalue weighted by Gasteiger charge is -2.14. The van der Waals surface area contributed by atoms with Gasteiger partial charge in [0.1, 0.15) is 0 Å². The van der Waals surface area contributed by atoms with Gasteiger partial charge in [0, 0.05) is 10.9 Å². The molecule has 0 radical (unpaired) electrons. The molecule has 0 aliphatic carbocycles. The average molecular weight is 195 g/mol. The number of halogens is 1. The second-order valence-corrected chi connectivity index (χ2v) is 3.80. The Hall–Kier alpha value is -0.750. The van der Waals surface area contributed by atoms with Crippen molar-refractivity contribution in [1.82, 2.24) is 0 Å². The lowest BCUT2D eigenvalue weighted by atomic mass is 9.91. The van der Waals surface area contributed by atoms with Crippen molar-refractivity contribution in [3.05, 3.63) is 47.0 Å². The summed E-state index contributed by atoms with van der Waals surface area (Å²) < 4.78 is 0. The molecule has 0 bridgehead atoms. The summed E-state index contributed by atoms with van der Waals surface area (Å²) in [4.78, 5) is 0. The minimum absolute atomic E-state index is 0.470. The Balaban J connectivity index is 2.92. The third-order valence-corrected chi connectivity index (χ3v) is 2.53. The Morgan fingerprint density at radius 1 is 1.38 bits per heavy atom. The molecular formula is C12H15Cl. The molecule has 13 heavy (non-hydrogen) atoms. The van der Waals surface area contributed by atoms with E-state index in [2.05, 4.69) is 32.6 Å². The second kappa shape index (κ2) is 4.48. The molecular weight excluding hydrogens is 180 g/mol. The first-order valence-electron chi connectivity index (χ1n) is 4.56. The van der Waals surface area contributed by atoms with Gasteiger partial charge in [-0.05, 0) is 31.0 Å². The highest BCUT2D eigenvalue weighted by Gasteiger charge is 2.08. The molecule has 0 fully saturated rings. The quantitative estimate of drug-likeness (QED) is 0.626. The summed E-state index contributed by atoms with van der Waals surface area (Å²) >= 11 is 5.82. The van der Waals surface area contributed by atoms with Crippen LogP contribution in [0.4, 0.5) is 0 Å². The van der Waals surface area contributed by atoms with Crippen LogP contribution in [-0.2, 0) is 0 Å². The third-order valence-electron chi connectivity index (χ3n) is 2.28. The molecule has 0 spiro atoms. The second-order valence-electron chi connectivity index (χ2n) is 3.36. The van der Waals surface area contributed by atoms with Crippen LogP contribution in [0.2, 0.25) is 5.02 Å². The highest BCUT2D eigenvalue weighted by Crippen LogP contribution is 2.26. The van der Waals surface area contributed by atoms with E-state index in [1.165, 1.54) is 11.1 Å². The van der Waals surface area contributed by atoms with Crippen LogP contribution in [-0.4, -0.2) is 0 Å². The molecule has 0 N–H and O–H groups in total. The Bertz CT molecular complexity index is 284. The predicted molar refractivity (Wildman–Crippen MR) is 59.3 cm³/mol. The number of benzene rings is 1. The molecule has 1 atom stereocenters. The molecule has 0 nitrogen and oxygen atoms in total. The minimum Gasteiger partial charge on any atom is -0.0995 e. The van der Waals surface area contributed by atoms with Gasteiger partial charge in [0.15, 0.2) is 0 Å². The van der Waals surface area contributed by atoms with Crippen molar-refractivity contribution in [1.29, 1.82) is 0 Å². The Morgan fingerprint density at radius 2 is 1.92 bits per heavy atom. The largest absolute Gasteiger partial charge is 0.0995 e. The molecule has 1 rings (SSSR count). The number of allylic oxidation sites excluding steroid dienone is 1. The van der Waals surface area contributed by atoms with Crippen molar-refractivity contribution in [3.8, 4) is 0 Å². The Labute approximate surface area is 85.2 Å². The van der Waals surface area contributed by atoms with E-state index in [1.807, 2.05) is 12.1 Å². The Kier molecular flexibility index (Phi) is 3.56. The average Bonchev–Trinajstić information content (AvgIpc) is 2.09. The molecule has 0 unspecified atom stereocenters. The molecule has 0 aromatic heterocycles. The zero-order valence-electron chi connectivity index (χ0n) is 8.18. The smallest absolute Gasteiger partial charge is 0.0406 e. The van der Waals surface area contributed by atoms with E-state index in [1.54, 1.807) is 0 Å². The minimum atomic E-state index is 0.470. The molecule has 0 saturated heterocycles. The predicted octanol–water partition coefficient (Wildman–Crippen LogP) is 4.41. The maximum atomic E-state index is 5.82. The SMILES string of the molecule is C=C(C)[C@H](CC)c1ccc(Cl)cc1. The molecule has 1 aromatic rings. The van der Waals surface area contributed by atoms with Gasteiger partial charge in [0.2, 0.25) is 0 Å². The summed E-state index contributed by atoms with van der Waals surface area (Å²) in [6.45, 7) is 8.24. The highest BCUT2D eigenvalue weighted by atomic mass is 35.5. The van der Waals surface area contributed by atoms with Crippen molar-refractivity contribution in [2.45, 2.75) is 26.2 Å². The summed E-state index contributed by atoms with van der Waals surface area (Å²) in [5, 5.41) is 0.792. The van der Waals surface area contributed by atoms with Gasteiger partial charge >= 0.3 is 0 Å². The summed E-state index contributed by atoms with van der Waals surface area (Å²) in [7, 11) is 0. The molecule has 0 aliphatic rings. The number of rotatable bonds is 3. The van der Waals surface area contributed by atoms with Crippen LogP contribution in [0.1, 0.15) is 31.7 Å². The monoisotopic (exact) mass is 194 g/mol. The zero-order valence-corrected chi connectivity index (χ0v) is 8.93. The molecule has 1 heteroatoms. The van der Waals surface area contributed by atoms with Gasteiger partial charge < -0.3 is 0 Å². The fourth-order valence-corrected chi connectivity index (χ4v) is 1.69. The van der Waals surface area contributed by atoms with Crippen LogP contribution < -0.4 is 0 Å². The van der Waals surface area contributed by atoms with Crippen LogP contribution in [0.5, 0.6) is 0 Å². The third kappa shape index (κ3) is 2.60. The first kappa shape index (κ1) is 10.3. The van der Waals surface area contributed by atoms with Crippen molar-refractivity contribution < 1.29 is 0 Å². The molecule has 70 valence electrons.